The van der Waals surface area contributed by atoms with Crippen LogP contribution in [0.2, 0.25) is 0 Å². The van der Waals surface area contributed by atoms with Crippen LogP contribution in [0.4, 0.5) is 4.79 Å². The van der Waals surface area contributed by atoms with Gasteiger partial charge in [0.15, 0.2) is 6.04 Å². The molecule has 0 aromatic carbocycles. The lowest BCUT2D eigenvalue weighted by Gasteiger charge is -2.27. The number of carbonyl (C=O) groups is 3. The Morgan fingerprint density at radius 2 is 2.07 bits per heavy atom. The van der Waals surface area contributed by atoms with Gasteiger partial charge in [0.25, 0.3) is 5.91 Å². The van der Waals surface area contributed by atoms with Gasteiger partial charge in [-0.2, -0.15) is 5.06 Å². The first kappa shape index (κ1) is 17.4. The number of hydrogen-bond donors (Lipinski definition) is 3. The third-order valence-corrected chi connectivity index (χ3v) is 5.92. The molecule has 4 heterocycles. The average molecular weight is 388 g/mol. The van der Waals surface area contributed by atoms with Gasteiger partial charge in [-0.3, -0.25) is 15.0 Å². The molecule has 9 nitrogen and oxygen atoms in total. The lowest BCUT2D eigenvalue weighted by atomic mass is 9.99. The molecule has 0 radical (unpaired) electrons. The Morgan fingerprint density at radius 3 is 2.78 bits per heavy atom. The van der Waals surface area contributed by atoms with Crippen molar-refractivity contribution in [1.82, 2.24) is 20.3 Å². The van der Waals surface area contributed by atoms with E-state index < -0.39 is 24.1 Å². The molecule has 3 N–H and O–H groups in total. The topological polar surface area (TPSA) is 123 Å². The number of nitrogens with one attached hydrogen (secondary N) is 1. The first-order chi connectivity index (χ1) is 13.0. The van der Waals surface area contributed by atoms with Crippen molar-refractivity contribution in [2.24, 2.45) is 0 Å². The number of nitrogens with zero attached hydrogens (tertiary/aromatic N) is 3. The molecule has 4 rings (SSSR count). The average Bonchev–Trinajstić information content (AvgIpc) is 3.20. The van der Waals surface area contributed by atoms with E-state index in [1.807, 2.05) is 12.1 Å². The second kappa shape index (κ2) is 6.63. The van der Waals surface area contributed by atoms with Crippen molar-refractivity contribution in [3.63, 3.8) is 0 Å². The van der Waals surface area contributed by atoms with E-state index in [1.54, 1.807) is 18.5 Å². The molecule has 2 aliphatic heterocycles. The zero-order chi connectivity index (χ0) is 19.1. The summed E-state index contributed by atoms with van der Waals surface area (Å²) in [6.45, 7) is 0.507. The fraction of sp³-hybridized carbons (Fsp3) is 0.294. The standard InChI is InChI=1S/C17H16N4O5S/c22-15(19-6-3-9-1-4-18-5-2-9)12-7-10-11-8-20(17(25)21(11)26)13(16(23)24)14(10)27-12/h1-2,4-5,7,11,13,26H,3,6,8H2,(H,19,22)(H,23,24)/t11-,13-/m0/s1. The van der Waals surface area contributed by atoms with Gasteiger partial charge in [-0.15, -0.1) is 11.3 Å². The highest BCUT2D eigenvalue weighted by Gasteiger charge is 2.51. The van der Waals surface area contributed by atoms with Gasteiger partial charge >= 0.3 is 12.0 Å². The number of carboxylic acids is 1. The van der Waals surface area contributed by atoms with E-state index in [4.69, 9.17) is 0 Å². The lowest BCUT2D eigenvalue weighted by Crippen LogP contribution is -2.37. The van der Waals surface area contributed by atoms with Crippen molar-refractivity contribution in [1.29, 1.82) is 0 Å². The zero-order valence-electron chi connectivity index (χ0n) is 14.0. The quantitative estimate of drug-likeness (QED) is 0.666. The third kappa shape index (κ3) is 2.92. The Morgan fingerprint density at radius 1 is 1.33 bits per heavy atom. The normalized spacial score (nSPS) is 20.6. The maximum Gasteiger partial charge on any atom is 0.345 e. The molecule has 2 atom stereocenters. The van der Waals surface area contributed by atoms with Crippen LogP contribution in [-0.2, 0) is 11.2 Å². The molecule has 3 amide bonds. The van der Waals surface area contributed by atoms with Crippen molar-refractivity contribution < 1.29 is 24.7 Å². The molecular weight excluding hydrogens is 372 g/mol. The van der Waals surface area contributed by atoms with E-state index in [0.717, 1.165) is 21.8 Å². The van der Waals surface area contributed by atoms with E-state index in [1.165, 1.54) is 0 Å². The number of pyridine rings is 1. The number of thiophene rings is 1. The van der Waals surface area contributed by atoms with Crippen LogP contribution in [0.3, 0.4) is 0 Å². The van der Waals surface area contributed by atoms with E-state index in [2.05, 4.69) is 10.3 Å². The van der Waals surface area contributed by atoms with Gasteiger partial charge in [0, 0.05) is 23.8 Å². The van der Waals surface area contributed by atoms with E-state index >= 15 is 0 Å². The minimum absolute atomic E-state index is 0.0825. The molecule has 0 spiro atoms. The van der Waals surface area contributed by atoms with Gasteiger partial charge in [0.1, 0.15) is 6.04 Å². The number of fused-ring (bicyclic) bond motifs is 4. The lowest BCUT2D eigenvalue weighted by molar-refractivity contribution is -0.142. The SMILES string of the molecule is O=C(NCCc1ccncc1)c1cc2c(s1)[C@@H](C(=O)O)N1C[C@@H]2N(O)C1=O. The second-order valence-electron chi connectivity index (χ2n) is 6.33. The Balaban J connectivity index is 1.52. The predicted octanol–water partition coefficient (Wildman–Crippen LogP) is 1.42. The van der Waals surface area contributed by atoms with Gasteiger partial charge < -0.3 is 15.3 Å². The van der Waals surface area contributed by atoms with E-state index in [-0.39, 0.29) is 12.5 Å². The summed E-state index contributed by atoms with van der Waals surface area (Å²) in [6.07, 6.45) is 4.01. The monoisotopic (exact) mass is 388 g/mol. The Bertz CT molecular complexity index is 915. The molecule has 2 aromatic heterocycles. The fourth-order valence-corrected chi connectivity index (χ4v) is 4.64. The number of amides is 3. The van der Waals surface area contributed by atoms with Crippen molar-refractivity contribution in [2.45, 2.75) is 18.5 Å². The summed E-state index contributed by atoms with van der Waals surface area (Å²) in [5.41, 5.74) is 1.55. The minimum Gasteiger partial charge on any atom is -0.479 e. The molecule has 2 bridgehead atoms. The first-order valence-electron chi connectivity index (χ1n) is 8.29. The molecule has 10 heteroatoms. The molecule has 2 aromatic rings. The van der Waals surface area contributed by atoms with E-state index in [9.17, 15) is 24.7 Å². The number of rotatable bonds is 5. The fourth-order valence-electron chi connectivity index (χ4n) is 3.40. The van der Waals surface area contributed by atoms with Crippen LogP contribution in [0, 0.1) is 0 Å². The predicted molar refractivity (Wildman–Crippen MR) is 93.4 cm³/mol. The van der Waals surface area contributed by atoms with Crippen molar-refractivity contribution in [3.05, 3.63) is 51.5 Å². The van der Waals surface area contributed by atoms with Gasteiger partial charge in [-0.1, -0.05) is 0 Å². The number of urea groups is 1. The Kier molecular flexibility index (Phi) is 4.28. The molecule has 140 valence electrons. The smallest absolute Gasteiger partial charge is 0.345 e. The van der Waals surface area contributed by atoms with Crippen LogP contribution < -0.4 is 5.32 Å². The first-order valence-corrected chi connectivity index (χ1v) is 9.11. The van der Waals surface area contributed by atoms with E-state index in [0.29, 0.717) is 33.3 Å². The minimum atomic E-state index is -1.19. The Labute approximate surface area is 157 Å². The van der Waals surface area contributed by atoms with Gasteiger partial charge in [-0.05, 0) is 35.7 Å². The molecule has 1 fully saturated rings. The second-order valence-corrected chi connectivity index (χ2v) is 7.41. The van der Waals surface area contributed by atoms with Crippen LogP contribution in [0.15, 0.2) is 30.6 Å². The molecule has 1 saturated heterocycles. The van der Waals surface area contributed by atoms with Crippen LogP contribution in [0.5, 0.6) is 0 Å². The van der Waals surface area contributed by atoms with Crippen LogP contribution >= 0.6 is 11.3 Å². The van der Waals surface area contributed by atoms with Crippen molar-refractivity contribution >= 4 is 29.2 Å². The van der Waals surface area contributed by atoms with Gasteiger partial charge in [0.2, 0.25) is 0 Å². The molecule has 0 aliphatic carbocycles. The van der Waals surface area contributed by atoms with Gasteiger partial charge in [-0.25, -0.2) is 9.59 Å². The summed E-state index contributed by atoms with van der Waals surface area (Å²) >= 11 is 1.04. The third-order valence-electron chi connectivity index (χ3n) is 4.72. The van der Waals surface area contributed by atoms with Crippen LogP contribution in [-0.4, -0.2) is 56.3 Å². The summed E-state index contributed by atoms with van der Waals surface area (Å²) in [6, 6.07) is 2.72. The summed E-state index contributed by atoms with van der Waals surface area (Å²) in [5, 5.41) is 22.9. The Hall–Kier alpha value is -2.98. The molecule has 0 saturated carbocycles. The highest BCUT2D eigenvalue weighted by atomic mass is 32.1. The molecular formula is C17H16N4O5S. The van der Waals surface area contributed by atoms with Crippen molar-refractivity contribution in [2.75, 3.05) is 13.1 Å². The number of hydroxylamine groups is 2. The highest BCUT2D eigenvalue weighted by molar-refractivity contribution is 7.14. The highest BCUT2D eigenvalue weighted by Crippen LogP contribution is 2.46. The summed E-state index contributed by atoms with van der Waals surface area (Å²) < 4.78 is 0. The molecule has 0 unspecified atom stereocenters. The summed E-state index contributed by atoms with van der Waals surface area (Å²) in [5.74, 6) is -1.50. The molecule has 2 aliphatic rings. The summed E-state index contributed by atoms with van der Waals surface area (Å²) in [4.78, 5) is 42.0. The van der Waals surface area contributed by atoms with Crippen LogP contribution in [0.1, 0.15) is 37.8 Å². The van der Waals surface area contributed by atoms with Gasteiger partial charge in [0.05, 0.1) is 11.4 Å². The number of carboxylic acid groups (broad SMARTS) is 1. The maximum absolute atomic E-state index is 12.5. The zero-order valence-corrected chi connectivity index (χ0v) is 14.8. The number of aromatic nitrogens is 1. The van der Waals surface area contributed by atoms with Crippen LogP contribution in [0.25, 0.3) is 0 Å². The molecule has 27 heavy (non-hydrogen) atoms. The number of aliphatic carboxylic acids is 1. The number of hydrogen-bond acceptors (Lipinski definition) is 6. The maximum atomic E-state index is 12.5. The number of carbonyl (C=O) groups excluding carboxylic acids is 2. The largest absolute Gasteiger partial charge is 0.479 e. The summed E-state index contributed by atoms with van der Waals surface area (Å²) in [7, 11) is 0. The van der Waals surface area contributed by atoms with Crippen molar-refractivity contribution in [3.8, 4) is 0 Å².